The summed E-state index contributed by atoms with van der Waals surface area (Å²) in [6.07, 6.45) is 1.91. The minimum absolute atomic E-state index is 0. The number of nitrogens with two attached hydrogens (primary N) is 1. The van der Waals surface area contributed by atoms with Crippen LogP contribution in [-0.4, -0.2) is 53.7 Å². The first kappa shape index (κ1) is 21.9. The number of aromatic nitrogens is 2. The van der Waals surface area contributed by atoms with Crippen LogP contribution in [0.4, 0.5) is 5.82 Å². The molecule has 1 amide bonds. The van der Waals surface area contributed by atoms with Crippen molar-refractivity contribution in [3.63, 3.8) is 0 Å². The summed E-state index contributed by atoms with van der Waals surface area (Å²) in [7, 11) is 2.05. The Morgan fingerprint density at radius 2 is 1.96 bits per heavy atom. The molecule has 1 aliphatic rings. The number of halogens is 2. The Morgan fingerprint density at radius 1 is 1.35 bits per heavy atom. The van der Waals surface area contributed by atoms with Crippen molar-refractivity contribution in [2.24, 2.45) is 11.7 Å². The summed E-state index contributed by atoms with van der Waals surface area (Å²) in [5.74, 6) is 0.983. The third-order valence-corrected chi connectivity index (χ3v) is 4.24. The van der Waals surface area contributed by atoms with Gasteiger partial charge in [0.15, 0.2) is 5.82 Å². The Balaban J connectivity index is 0.00000242. The van der Waals surface area contributed by atoms with Crippen LogP contribution in [0.15, 0.2) is 12.1 Å². The molecule has 6 nitrogen and oxygen atoms in total. The van der Waals surface area contributed by atoms with E-state index in [4.69, 9.17) is 5.73 Å². The van der Waals surface area contributed by atoms with Gasteiger partial charge in [0.1, 0.15) is 0 Å². The van der Waals surface area contributed by atoms with E-state index >= 15 is 0 Å². The molecule has 0 spiro atoms. The minimum Gasteiger partial charge on any atom is -0.355 e. The summed E-state index contributed by atoms with van der Waals surface area (Å²) in [4.78, 5) is 16.2. The van der Waals surface area contributed by atoms with Crippen LogP contribution < -0.4 is 10.6 Å². The fourth-order valence-corrected chi connectivity index (χ4v) is 2.65. The van der Waals surface area contributed by atoms with Crippen molar-refractivity contribution < 1.29 is 4.79 Å². The number of hydrogen-bond acceptors (Lipinski definition) is 5. The average molecular weight is 364 g/mol. The van der Waals surface area contributed by atoms with Gasteiger partial charge >= 0.3 is 0 Å². The van der Waals surface area contributed by atoms with Crippen molar-refractivity contribution >= 4 is 36.5 Å². The molecule has 1 aromatic heterocycles. The molecule has 2 rings (SSSR count). The summed E-state index contributed by atoms with van der Waals surface area (Å²) in [6.45, 7) is 5.81. The molecule has 0 radical (unpaired) electrons. The standard InChI is InChI=1S/C15H25N5O.2ClH/c1-11(10-16)15(21)20-8-6-13(7-9-20)19(3)14-5-4-12(2)17-18-14;;/h4-5,11,13H,6-10,16H2,1-3H3;2*1H. The Labute approximate surface area is 150 Å². The number of carbonyl (C=O) groups is 1. The van der Waals surface area contributed by atoms with Gasteiger partial charge in [-0.05, 0) is 31.9 Å². The number of likely N-dealkylation sites (tertiary alicyclic amines) is 1. The highest BCUT2D eigenvalue weighted by molar-refractivity contribution is 5.85. The van der Waals surface area contributed by atoms with Gasteiger partial charge in [-0.25, -0.2) is 0 Å². The van der Waals surface area contributed by atoms with Crippen LogP contribution in [0.2, 0.25) is 0 Å². The van der Waals surface area contributed by atoms with E-state index < -0.39 is 0 Å². The van der Waals surface area contributed by atoms with E-state index in [0.717, 1.165) is 37.4 Å². The molecule has 0 bridgehead atoms. The smallest absolute Gasteiger partial charge is 0.226 e. The van der Waals surface area contributed by atoms with Crippen molar-refractivity contribution in [2.45, 2.75) is 32.7 Å². The van der Waals surface area contributed by atoms with E-state index in [1.807, 2.05) is 37.9 Å². The lowest BCUT2D eigenvalue weighted by Crippen LogP contribution is -2.48. The van der Waals surface area contributed by atoms with E-state index in [0.29, 0.717) is 12.6 Å². The Morgan fingerprint density at radius 3 is 2.43 bits per heavy atom. The molecule has 0 saturated carbocycles. The fraction of sp³-hybridized carbons (Fsp3) is 0.667. The van der Waals surface area contributed by atoms with Crippen LogP contribution in [0.5, 0.6) is 0 Å². The zero-order valence-corrected chi connectivity index (χ0v) is 15.6. The zero-order valence-electron chi connectivity index (χ0n) is 13.9. The van der Waals surface area contributed by atoms with Gasteiger partial charge in [-0.15, -0.1) is 29.9 Å². The lowest BCUT2D eigenvalue weighted by Gasteiger charge is -2.37. The number of anilines is 1. The Bertz CT molecular complexity index is 477. The van der Waals surface area contributed by atoms with Gasteiger partial charge in [0.2, 0.25) is 5.91 Å². The van der Waals surface area contributed by atoms with E-state index in [-0.39, 0.29) is 36.6 Å². The van der Waals surface area contributed by atoms with Crippen molar-refractivity contribution in [1.29, 1.82) is 0 Å². The average Bonchev–Trinajstić information content (AvgIpc) is 2.53. The van der Waals surface area contributed by atoms with Gasteiger partial charge in [0, 0.05) is 38.6 Å². The topological polar surface area (TPSA) is 75.3 Å². The third-order valence-electron chi connectivity index (χ3n) is 4.24. The molecule has 1 aromatic rings. The van der Waals surface area contributed by atoms with Gasteiger partial charge in [-0.3, -0.25) is 4.79 Å². The second kappa shape index (κ2) is 9.90. The van der Waals surface area contributed by atoms with E-state index in [9.17, 15) is 4.79 Å². The van der Waals surface area contributed by atoms with Crippen LogP contribution >= 0.6 is 24.8 Å². The van der Waals surface area contributed by atoms with Crippen LogP contribution in [0.1, 0.15) is 25.5 Å². The Hall–Kier alpha value is -1.11. The molecule has 1 fully saturated rings. The van der Waals surface area contributed by atoms with Gasteiger partial charge in [-0.1, -0.05) is 6.92 Å². The molecule has 2 N–H and O–H groups in total. The molecule has 1 unspecified atom stereocenters. The molecular formula is C15H27Cl2N5O. The van der Waals surface area contributed by atoms with Crippen molar-refractivity contribution in [1.82, 2.24) is 15.1 Å². The molecule has 23 heavy (non-hydrogen) atoms. The zero-order chi connectivity index (χ0) is 15.4. The van der Waals surface area contributed by atoms with Crippen LogP contribution in [0.3, 0.4) is 0 Å². The first-order chi connectivity index (χ1) is 10.0. The molecule has 1 aliphatic heterocycles. The van der Waals surface area contributed by atoms with Crippen molar-refractivity contribution in [2.75, 3.05) is 31.6 Å². The van der Waals surface area contributed by atoms with E-state index in [2.05, 4.69) is 15.1 Å². The minimum atomic E-state index is -0.0813. The number of amides is 1. The highest BCUT2D eigenvalue weighted by Crippen LogP contribution is 2.21. The van der Waals surface area contributed by atoms with Gasteiger partial charge in [-0.2, -0.15) is 5.10 Å². The van der Waals surface area contributed by atoms with Crippen molar-refractivity contribution in [3.8, 4) is 0 Å². The first-order valence-electron chi connectivity index (χ1n) is 7.55. The fourth-order valence-electron chi connectivity index (χ4n) is 2.65. The van der Waals surface area contributed by atoms with Gasteiger partial charge < -0.3 is 15.5 Å². The molecule has 1 atom stereocenters. The highest BCUT2D eigenvalue weighted by Gasteiger charge is 2.27. The van der Waals surface area contributed by atoms with Gasteiger partial charge in [0.25, 0.3) is 0 Å². The van der Waals surface area contributed by atoms with Gasteiger partial charge in [0.05, 0.1) is 5.69 Å². The summed E-state index contributed by atoms with van der Waals surface area (Å²) >= 11 is 0. The normalized spacial score (nSPS) is 16.1. The molecular weight excluding hydrogens is 337 g/mol. The quantitative estimate of drug-likeness (QED) is 0.879. The summed E-state index contributed by atoms with van der Waals surface area (Å²) in [5.41, 5.74) is 6.49. The number of rotatable bonds is 4. The molecule has 0 aromatic carbocycles. The summed E-state index contributed by atoms with van der Waals surface area (Å²) < 4.78 is 0. The second-order valence-electron chi connectivity index (χ2n) is 5.84. The number of hydrogen-bond donors (Lipinski definition) is 1. The van der Waals surface area contributed by atoms with E-state index in [1.165, 1.54) is 0 Å². The van der Waals surface area contributed by atoms with Crippen LogP contribution in [0.25, 0.3) is 0 Å². The monoisotopic (exact) mass is 363 g/mol. The number of aryl methyl sites for hydroxylation is 1. The summed E-state index contributed by atoms with van der Waals surface area (Å²) in [6, 6.07) is 4.37. The molecule has 1 saturated heterocycles. The maximum Gasteiger partial charge on any atom is 0.226 e. The lowest BCUT2D eigenvalue weighted by atomic mass is 10.0. The van der Waals surface area contributed by atoms with Crippen LogP contribution in [-0.2, 0) is 4.79 Å². The summed E-state index contributed by atoms with van der Waals surface area (Å²) in [5, 5.41) is 8.33. The second-order valence-corrected chi connectivity index (χ2v) is 5.84. The van der Waals surface area contributed by atoms with Crippen LogP contribution in [0, 0.1) is 12.8 Å². The SMILES string of the molecule is Cc1ccc(N(C)C2CCN(C(=O)C(C)CN)CC2)nn1.Cl.Cl. The maximum atomic E-state index is 12.1. The number of carbonyl (C=O) groups excluding carboxylic acids is 1. The molecule has 8 heteroatoms. The molecule has 132 valence electrons. The molecule has 0 aliphatic carbocycles. The highest BCUT2D eigenvalue weighted by atomic mass is 35.5. The van der Waals surface area contributed by atoms with E-state index in [1.54, 1.807) is 0 Å². The number of nitrogens with zero attached hydrogens (tertiary/aromatic N) is 4. The predicted octanol–water partition coefficient (Wildman–Crippen LogP) is 1.65. The largest absolute Gasteiger partial charge is 0.355 e. The lowest BCUT2D eigenvalue weighted by molar-refractivity contribution is -0.135. The maximum absolute atomic E-state index is 12.1. The number of piperidine rings is 1. The predicted molar refractivity (Wildman–Crippen MR) is 97.5 cm³/mol. The van der Waals surface area contributed by atoms with Crippen molar-refractivity contribution in [3.05, 3.63) is 17.8 Å². The third kappa shape index (κ3) is 5.48. The molecule has 2 heterocycles. The Kier molecular flexibility index (Phi) is 9.42. The first-order valence-corrected chi connectivity index (χ1v) is 7.55.